The Morgan fingerprint density at radius 1 is 0.853 bits per heavy atom. The summed E-state index contributed by atoms with van der Waals surface area (Å²) in [5, 5.41) is 5.89. The van der Waals surface area contributed by atoms with Crippen molar-refractivity contribution >= 4 is 57.0 Å². The average Bonchev–Trinajstić information content (AvgIpc) is 2.83. The molecule has 0 spiro atoms. The molecule has 0 aliphatic carbocycles. The minimum Gasteiger partial charge on any atom is -0.493 e. The lowest BCUT2D eigenvalue weighted by Crippen LogP contribution is -2.41. The van der Waals surface area contributed by atoms with Gasteiger partial charge in [-0.3, -0.25) is 9.59 Å². The molecule has 0 fully saturated rings. The zero-order chi connectivity index (χ0) is 24.5. The Morgan fingerprint density at radius 2 is 1.44 bits per heavy atom. The second kappa shape index (κ2) is 12.9. The van der Waals surface area contributed by atoms with Crippen molar-refractivity contribution in [1.29, 1.82) is 0 Å². The van der Waals surface area contributed by atoms with E-state index in [-0.39, 0.29) is 11.8 Å². The number of rotatable bonds is 10. The number of amides is 2. The van der Waals surface area contributed by atoms with Crippen LogP contribution in [0.4, 0.5) is 0 Å². The molecule has 2 N–H and O–H groups in total. The van der Waals surface area contributed by atoms with Gasteiger partial charge in [0.1, 0.15) is 6.17 Å². The summed E-state index contributed by atoms with van der Waals surface area (Å²) in [5.41, 5.74) is 1.68. The van der Waals surface area contributed by atoms with Crippen LogP contribution in [0.5, 0.6) is 11.5 Å². The number of ether oxygens (including phenoxy) is 2. The molecule has 0 saturated heterocycles. The van der Waals surface area contributed by atoms with Gasteiger partial charge in [-0.05, 0) is 106 Å². The molecule has 0 saturated carbocycles. The van der Waals surface area contributed by atoms with Gasteiger partial charge in [0.2, 0.25) is 0 Å². The minimum absolute atomic E-state index is 0.298. The molecule has 0 heterocycles. The normalized spacial score (nSPS) is 10.6. The fourth-order valence-electron chi connectivity index (χ4n) is 3.20. The van der Waals surface area contributed by atoms with E-state index in [9.17, 15) is 9.59 Å². The van der Waals surface area contributed by atoms with E-state index in [1.165, 1.54) is 0 Å². The Kier molecular flexibility index (Phi) is 10.00. The third-order valence-corrected chi connectivity index (χ3v) is 6.34. The van der Waals surface area contributed by atoms with E-state index < -0.39 is 6.17 Å². The number of methoxy groups -OCH3 is 1. The third kappa shape index (κ3) is 7.33. The first-order valence-electron chi connectivity index (χ1n) is 10.8. The minimum atomic E-state index is -0.783. The van der Waals surface area contributed by atoms with Crippen LogP contribution in [0.1, 0.15) is 52.2 Å². The summed E-state index contributed by atoms with van der Waals surface area (Å²) < 4.78 is 13.2. The number of carbonyl (C=O) groups excluding carboxylic acids is 2. The van der Waals surface area contributed by atoms with Crippen LogP contribution in [0.25, 0.3) is 0 Å². The van der Waals surface area contributed by atoms with Crippen molar-refractivity contribution < 1.29 is 19.1 Å². The molecule has 0 atom stereocenters. The first-order chi connectivity index (χ1) is 16.4. The van der Waals surface area contributed by atoms with Crippen LogP contribution in [-0.4, -0.2) is 25.5 Å². The van der Waals surface area contributed by atoms with Crippen LogP contribution in [0.3, 0.4) is 0 Å². The Hall–Kier alpha value is -2.34. The van der Waals surface area contributed by atoms with Crippen LogP contribution in [-0.2, 0) is 0 Å². The number of hydrogen-bond acceptors (Lipinski definition) is 4. The molecule has 6 nitrogen and oxygen atoms in total. The third-order valence-electron chi connectivity index (χ3n) is 5.00. The van der Waals surface area contributed by atoms with Gasteiger partial charge in [-0.1, -0.05) is 31.5 Å². The number of nitrogens with one attached hydrogen (secondary N) is 2. The first-order valence-corrected chi connectivity index (χ1v) is 13.0. The maximum Gasteiger partial charge on any atom is 0.253 e. The highest BCUT2D eigenvalue weighted by molar-refractivity contribution is 14.1. The highest BCUT2D eigenvalue weighted by atomic mass is 127. The maximum absolute atomic E-state index is 13.0. The standard InChI is InChI=1S/C26H26I2N2O4/c1-3-4-13-34-22-12-11-17(16-23(22)33-2)24(29-25(31)18-7-5-9-20(27)14-18)30-26(32)19-8-6-10-21(28)15-19/h5-12,14-16,24H,3-4,13H2,1-2H3,(H,29,31)(H,30,32). The largest absolute Gasteiger partial charge is 0.493 e. The van der Waals surface area contributed by atoms with Crippen molar-refractivity contribution in [3.05, 3.63) is 90.6 Å². The number of hydrogen-bond donors (Lipinski definition) is 2. The molecule has 0 aliphatic heterocycles. The predicted octanol–water partition coefficient (Wildman–Crippen LogP) is 5.94. The van der Waals surface area contributed by atoms with Crippen LogP contribution in [0.15, 0.2) is 66.7 Å². The Bertz CT molecular complexity index is 1090. The van der Waals surface area contributed by atoms with Crippen molar-refractivity contribution in [2.45, 2.75) is 25.9 Å². The van der Waals surface area contributed by atoms with E-state index in [0.717, 1.165) is 20.0 Å². The van der Waals surface area contributed by atoms with E-state index in [1.807, 2.05) is 30.3 Å². The van der Waals surface area contributed by atoms with Gasteiger partial charge < -0.3 is 20.1 Å². The van der Waals surface area contributed by atoms with E-state index >= 15 is 0 Å². The van der Waals surface area contributed by atoms with Crippen molar-refractivity contribution in [2.24, 2.45) is 0 Å². The number of carbonyl (C=O) groups is 2. The SMILES string of the molecule is CCCCOc1ccc(C(NC(=O)c2cccc(I)c2)NC(=O)c2cccc(I)c2)cc1OC. The molecule has 178 valence electrons. The second-order valence-electron chi connectivity index (χ2n) is 7.51. The highest BCUT2D eigenvalue weighted by Crippen LogP contribution is 2.30. The molecule has 0 aliphatic rings. The topological polar surface area (TPSA) is 76.7 Å². The van der Waals surface area contributed by atoms with Crippen LogP contribution < -0.4 is 20.1 Å². The maximum atomic E-state index is 13.0. The van der Waals surface area contributed by atoms with E-state index in [0.29, 0.717) is 34.8 Å². The van der Waals surface area contributed by atoms with Gasteiger partial charge in [0, 0.05) is 18.3 Å². The molecule has 0 radical (unpaired) electrons. The van der Waals surface area contributed by atoms with Gasteiger partial charge in [-0.25, -0.2) is 0 Å². The highest BCUT2D eigenvalue weighted by Gasteiger charge is 2.21. The molecule has 3 rings (SSSR count). The first kappa shape index (κ1) is 26.3. The lowest BCUT2D eigenvalue weighted by molar-refractivity contribution is 0.0883. The Morgan fingerprint density at radius 3 is 1.94 bits per heavy atom. The smallest absolute Gasteiger partial charge is 0.253 e. The van der Waals surface area contributed by atoms with Gasteiger partial charge in [-0.2, -0.15) is 0 Å². The summed E-state index contributed by atoms with van der Waals surface area (Å²) in [7, 11) is 1.57. The summed E-state index contributed by atoms with van der Waals surface area (Å²) in [6.45, 7) is 2.68. The summed E-state index contributed by atoms with van der Waals surface area (Å²) in [6, 6.07) is 19.9. The van der Waals surface area contributed by atoms with Crippen LogP contribution >= 0.6 is 45.2 Å². The molecule has 2 amide bonds. The van der Waals surface area contributed by atoms with Gasteiger partial charge in [-0.15, -0.1) is 0 Å². The quantitative estimate of drug-likeness (QED) is 0.158. The summed E-state index contributed by atoms with van der Waals surface area (Å²) >= 11 is 4.32. The monoisotopic (exact) mass is 684 g/mol. The fourth-order valence-corrected chi connectivity index (χ4v) is 4.29. The summed E-state index contributed by atoms with van der Waals surface area (Å²) in [5.74, 6) is 0.555. The number of unbranched alkanes of at least 4 members (excludes halogenated alkanes) is 1. The van der Waals surface area contributed by atoms with Crippen LogP contribution in [0.2, 0.25) is 0 Å². The molecule has 3 aromatic carbocycles. The molecule has 34 heavy (non-hydrogen) atoms. The van der Waals surface area contributed by atoms with Crippen molar-refractivity contribution in [3.8, 4) is 11.5 Å². The van der Waals surface area contributed by atoms with Gasteiger partial charge >= 0.3 is 0 Å². The predicted molar refractivity (Wildman–Crippen MR) is 149 cm³/mol. The number of benzene rings is 3. The van der Waals surface area contributed by atoms with E-state index in [2.05, 4.69) is 62.7 Å². The lowest BCUT2D eigenvalue weighted by Gasteiger charge is -2.22. The van der Waals surface area contributed by atoms with Crippen LogP contribution in [0, 0.1) is 7.14 Å². The summed E-state index contributed by atoms with van der Waals surface area (Å²) in [4.78, 5) is 26.1. The Labute approximate surface area is 227 Å². The van der Waals surface area contributed by atoms with Crippen molar-refractivity contribution in [3.63, 3.8) is 0 Å². The molecule has 0 unspecified atom stereocenters. The molecular formula is C26H26I2N2O4. The van der Waals surface area contributed by atoms with Crippen molar-refractivity contribution in [2.75, 3.05) is 13.7 Å². The summed E-state index contributed by atoms with van der Waals surface area (Å²) in [6.07, 6.45) is 1.18. The zero-order valence-electron chi connectivity index (χ0n) is 18.9. The molecule has 3 aromatic rings. The average molecular weight is 684 g/mol. The Balaban J connectivity index is 1.90. The number of halogens is 2. The van der Waals surface area contributed by atoms with E-state index in [4.69, 9.17) is 9.47 Å². The molecular weight excluding hydrogens is 658 g/mol. The zero-order valence-corrected chi connectivity index (χ0v) is 23.3. The van der Waals surface area contributed by atoms with Gasteiger partial charge in [0.15, 0.2) is 11.5 Å². The lowest BCUT2D eigenvalue weighted by atomic mass is 10.1. The van der Waals surface area contributed by atoms with Crippen molar-refractivity contribution in [1.82, 2.24) is 10.6 Å². The molecule has 0 bridgehead atoms. The van der Waals surface area contributed by atoms with Gasteiger partial charge in [0.05, 0.1) is 13.7 Å². The fraction of sp³-hybridized carbons (Fsp3) is 0.231. The molecule has 0 aromatic heterocycles. The molecule has 8 heteroatoms. The second-order valence-corrected chi connectivity index (χ2v) is 10.0. The van der Waals surface area contributed by atoms with Gasteiger partial charge in [0.25, 0.3) is 11.8 Å². The van der Waals surface area contributed by atoms with E-state index in [1.54, 1.807) is 43.5 Å².